The van der Waals surface area contributed by atoms with E-state index < -0.39 is 18.1 Å². The minimum atomic E-state index is -0.647. The van der Waals surface area contributed by atoms with E-state index in [9.17, 15) is 9.59 Å². The van der Waals surface area contributed by atoms with E-state index in [1.54, 1.807) is 4.90 Å². The number of benzene rings is 4. The molecule has 6 heteroatoms. The number of carbonyl (C=O) groups excluding carboxylic acids is 2. The van der Waals surface area contributed by atoms with Gasteiger partial charge in [-0.25, -0.2) is 9.59 Å². The fraction of sp³-hybridized carbons (Fsp3) is 0.278. The summed E-state index contributed by atoms with van der Waals surface area (Å²) in [5.41, 5.74) is 7.85. The summed E-state index contributed by atoms with van der Waals surface area (Å²) < 4.78 is 17.4. The Labute approximate surface area is 246 Å². The lowest BCUT2D eigenvalue weighted by Gasteiger charge is -2.33. The summed E-state index contributed by atoms with van der Waals surface area (Å²) in [6.45, 7) is 3.38. The van der Waals surface area contributed by atoms with E-state index in [1.165, 1.54) is 16.7 Å². The van der Waals surface area contributed by atoms with Crippen LogP contribution >= 0.6 is 0 Å². The number of fused-ring (bicyclic) bond motifs is 3. The third kappa shape index (κ3) is 6.03. The maximum atomic E-state index is 13.3. The highest BCUT2D eigenvalue weighted by atomic mass is 16.6. The zero-order valence-corrected chi connectivity index (χ0v) is 23.8. The fourth-order valence-corrected chi connectivity index (χ4v) is 5.86. The van der Waals surface area contributed by atoms with Gasteiger partial charge in [0.1, 0.15) is 31.6 Å². The number of likely N-dealkylation sites (tertiary alicyclic amines) is 1. The number of esters is 1. The maximum Gasteiger partial charge on any atom is 0.410 e. The summed E-state index contributed by atoms with van der Waals surface area (Å²) in [5.74, 6) is 0.322. The van der Waals surface area contributed by atoms with Gasteiger partial charge in [-0.1, -0.05) is 90.5 Å². The van der Waals surface area contributed by atoms with E-state index in [0.29, 0.717) is 19.6 Å². The summed E-state index contributed by atoms with van der Waals surface area (Å²) >= 11 is 0. The summed E-state index contributed by atoms with van der Waals surface area (Å²) in [6, 6.07) is 31.6. The Morgan fingerprint density at radius 3 is 2.05 bits per heavy atom. The van der Waals surface area contributed by atoms with Crippen LogP contribution in [0.25, 0.3) is 11.1 Å². The normalized spacial score (nSPS) is 15.9. The molecular weight excluding hydrogens is 526 g/mol. The topological polar surface area (TPSA) is 65.1 Å². The molecule has 1 saturated heterocycles. The number of amides is 1. The average Bonchev–Trinajstić information content (AvgIpc) is 3.36. The van der Waals surface area contributed by atoms with Gasteiger partial charge in [0.05, 0.1) is 0 Å². The van der Waals surface area contributed by atoms with Crippen molar-refractivity contribution in [1.82, 2.24) is 4.90 Å². The van der Waals surface area contributed by atoms with E-state index in [-0.39, 0.29) is 19.1 Å². The molecule has 0 N–H and O–H groups in total. The Bertz CT molecular complexity index is 1500. The average molecular weight is 562 g/mol. The molecule has 4 aromatic rings. The molecule has 0 unspecified atom stereocenters. The molecule has 6 rings (SSSR count). The molecule has 214 valence electrons. The van der Waals surface area contributed by atoms with Gasteiger partial charge in [0.2, 0.25) is 0 Å². The van der Waals surface area contributed by atoms with Crippen LogP contribution < -0.4 is 4.74 Å². The quantitative estimate of drug-likeness (QED) is 0.210. The predicted octanol–water partition coefficient (Wildman–Crippen LogP) is 7.42. The number of hydrogen-bond donors (Lipinski definition) is 0. The molecule has 1 heterocycles. The van der Waals surface area contributed by atoms with Crippen molar-refractivity contribution in [2.45, 2.75) is 51.4 Å². The van der Waals surface area contributed by atoms with Crippen LogP contribution in [-0.2, 0) is 27.5 Å². The van der Waals surface area contributed by atoms with E-state index in [1.807, 2.05) is 48.5 Å². The number of piperidine rings is 1. The number of ether oxygens (including phenoxy) is 3. The molecule has 0 bridgehead atoms. The molecule has 1 aliphatic carbocycles. The van der Waals surface area contributed by atoms with Gasteiger partial charge in [0, 0.05) is 12.5 Å². The van der Waals surface area contributed by atoms with Crippen LogP contribution in [0.4, 0.5) is 4.79 Å². The summed E-state index contributed by atoms with van der Waals surface area (Å²) in [4.78, 5) is 27.9. The van der Waals surface area contributed by atoms with Crippen LogP contribution in [-0.4, -0.2) is 36.2 Å². The van der Waals surface area contributed by atoms with Crippen molar-refractivity contribution in [3.8, 4) is 16.9 Å². The zero-order chi connectivity index (χ0) is 28.9. The summed E-state index contributed by atoms with van der Waals surface area (Å²) in [6.07, 6.45) is 1.79. The van der Waals surface area contributed by atoms with Crippen LogP contribution in [0.3, 0.4) is 0 Å². The van der Waals surface area contributed by atoms with Gasteiger partial charge in [0.25, 0.3) is 0 Å². The molecule has 42 heavy (non-hydrogen) atoms. The first-order valence-electron chi connectivity index (χ1n) is 14.6. The largest absolute Gasteiger partial charge is 0.489 e. The molecule has 1 fully saturated rings. The van der Waals surface area contributed by atoms with Crippen molar-refractivity contribution in [2.24, 2.45) is 0 Å². The van der Waals surface area contributed by atoms with Crippen molar-refractivity contribution >= 4 is 12.1 Å². The minimum Gasteiger partial charge on any atom is -0.489 e. The molecule has 0 radical (unpaired) electrons. The van der Waals surface area contributed by atoms with Crippen molar-refractivity contribution in [2.75, 3.05) is 13.2 Å². The highest BCUT2D eigenvalue weighted by Crippen LogP contribution is 2.44. The van der Waals surface area contributed by atoms with Crippen LogP contribution in [0.2, 0.25) is 0 Å². The lowest BCUT2D eigenvalue weighted by molar-refractivity contribution is -0.152. The molecule has 6 nitrogen and oxygen atoms in total. The van der Waals surface area contributed by atoms with E-state index >= 15 is 0 Å². The Morgan fingerprint density at radius 1 is 0.738 bits per heavy atom. The van der Waals surface area contributed by atoms with E-state index in [0.717, 1.165) is 40.8 Å². The molecular formula is C36H35NO5. The number of rotatable bonds is 8. The predicted molar refractivity (Wildman–Crippen MR) is 161 cm³/mol. The Balaban J connectivity index is 1.03. The highest BCUT2D eigenvalue weighted by molar-refractivity contribution is 5.82. The van der Waals surface area contributed by atoms with Gasteiger partial charge in [-0.15, -0.1) is 0 Å². The molecule has 4 aromatic carbocycles. The van der Waals surface area contributed by atoms with Gasteiger partial charge in [-0.2, -0.15) is 0 Å². The van der Waals surface area contributed by atoms with Crippen molar-refractivity contribution in [3.05, 3.63) is 125 Å². The number of hydrogen-bond acceptors (Lipinski definition) is 5. The molecule has 1 amide bonds. The molecule has 1 atom stereocenters. The Morgan fingerprint density at radius 2 is 1.36 bits per heavy atom. The van der Waals surface area contributed by atoms with Crippen LogP contribution in [0, 0.1) is 6.92 Å². The van der Waals surface area contributed by atoms with Crippen LogP contribution in [0.15, 0.2) is 97.1 Å². The lowest BCUT2D eigenvalue weighted by atomic mass is 9.98. The smallest absolute Gasteiger partial charge is 0.410 e. The van der Waals surface area contributed by atoms with Crippen LogP contribution in [0.1, 0.15) is 53.0 Å². The van der Waals surface area contributed by atoms with E-state index in [4.69, 9.17) is 14.2 Å². The molecule has 0 spiro atoms. The van der Waals surface area contributed by atoms with Gasteiger partial charge in [0.15, 0.2) is 0 Å². The second kappa shape index (κ2) is 12.5. The van der Waals surface area contributed by atoms with Gasteiger partial charge < -0.3 is 14.2 Å². The number of nitrogens with zero attached hydrogens (tertiary/aromatic N) is 1. The fourth-order valence-electron chi connectivity index (χ4n) is 5.86. The Hall–Kier alpha value is -4.58. The highest BCUT2D eigenvalue weighted by Gasteiger charge is 2.36. The summed E-state index contributed by atoms with van der Waals surface area (Å²) in [5, 5.41) is 0. The van der Waals surface area contributed by atoms with Gasteiger partial charge >= 0.3 is 12.1 Å². The van der Waals surface area contributed by atoms with Crippen molar-refractivity contribution in [3.63, 3.8) is 0 Å². The Kier molecular flexibility index (Phi) is 8.22. The van der Waals surface area contributed by atoms with Gasteiger partial charge in [-0.3, -0.25) is 4.90 Å². The van der Waals surface area contributed by atoms with Crippen molar-refractivity contribution in [1.29, 1.82) is 0 Å². The third-order valence-corrected chi connectivity index (χ3v) is 8.18. The molecule has 0 saturated carbocycles. The summed E-state index contributed by atoms with van der Waals surface area (Å²) in [7, 11) is 0. The molecule has 1 aliphatic heterocycles. The maximum absolute atomic E-state index is 13.3. The second-order valence-corrected chi connectivity index (χ2v) is 11.0. The zero-order valence-electron chi connectivity index (χ0n) is 23.8. The minimum absolute atomic E-state index is 0.0274. The number of carbonyl (C=O) groups is 2. The first-order chi connectivity index (χ1) is 20.6. The second-order valence-electron chi connectivity index (χ2n) is 11.0. The van der Waals surface area contributed by atoms with Crippen LogP contribution in [0.5, 0.6) is 5.75 Å². The first-order valence-corrected chi connectivity index (χ1v) is 14.6. The standard InChI is InChI=1S/C36H35NO5/c1-25-13-15-26(16-14-25)22-40-28-19-17-27(18-20-28)23-41-35(38)34-12-6-7-21-37(34)36(39)42-24-33-31-10-4-2-8-29(31)30-9-3-5-11-32(30)33/h2-5,8-11,13-20,33-34H,6-7,12,21-24H2,1H3/t34-/m0/s1. The van der Waals surface area contributed by atoms with Gasteiger partial charge in [-0.05, 0) is 71.7 Å². The number of aryl methyl sites for hydroxylation is 1. The SMILES string of the molecule is Cc1ccc(COc2ccc(COC(=O)[C@@H]3CCCCN3C(=O)OCC3c4ccccc4-c4ccccc43)cc2)cc1. The van der Waals surface area contributed by atoms with E-state index in [2.05, 4.69) is 55.5 Å². The first kappa shape index (κ1) is 27.6. The molecule has 0 aromatic heterocycles. The molecule has 2 aliphatic rings. The van der Waals surface area contributed by atoms with Crippen molar-refractivity contribution < 1.29 is 23.8 Å². The lowest BCUT2D eigenvalue weighted by Crippen LogP contribution is -2.49. The monoisotopic (exact) mass is 561 g/mol. The third-order valence-electron chi connectivity index (χ3n) is 8.18.